The SMILES string of the molecule is Cc1ccc(NC(=O)[C@H]2CCCN(S(=O)(=O)c3cc(C)ccc3C)C2)c(C)c1. The van der Waals surface area contributed by atoms with Crippen LogP contribution < -0.4 is 5.32 Å². The Morgan fingerprint density at radius 3 is 2.39 bits per heavy atom. The number of sulfonamides is 1. The summed E-state index contributed by atoms with van der Waals surface area (Å²) in [6.07, 6.45) is 1.37. The van der Waals surface area contributed by atoms with Gasteiger partial charge in [-0.05, 0) is 69.4 Å². The van der Waals surface area contributed by atoms with Crippen LogP contribution >= 0.6 is 0 Å². The number of nitrogens with zero attached hydrogens (tertiary/aromatic N) is 1. The van der Waals surface area contributed by atoms with Crippen LogP contribution in [0.1, 0.15) is 35.1 Å². The average molecular weight is 401 g/mol. The predicted molar refractivity (Wildman–Crippen MR) is 112 cm³/mol. The molecule has 2 aromatic rings. The zero-order chi connectivity index (χ0) is 20.5. The van der Waals surface area contributed by atoms with E-state index in [-0.39, 0.29) is 18.4 Å². The van der Waals surface area contributed by atoms with Gasteiger partial charge in [0, 0.05) is 18.8 Å². The molecule has 1 aliphatic rings. The molecule has 0 saturated carbocycles. The first-order valence-corrected chi connectivity index (χ1v) is 11.1. The highest BCUT2D eigenvalue weighted by Gasteiger charge is 2.34. The van der Waals surface area contributed by atoms with Crippen molar-refractivity contribution in [3.63, 3.8) is 0 Å². The van der Waals surface area contributed by atoms with E-state index in [9.17, 15) is 13.2 Å². The van der Waals surface area contributed by atoms with Gasteiger partial charge in [-0.3, -0.25) is 4.79 Å². The Kier molecular flexibility index (Phi) is 5.91. The molecule has 2 aromatic carbocycles. The van der Waals surface area contributed by atoms with E-state index in [0.717, 1.165) is 27.9 Å². The Morgan fingerprint density at radius 2 is 1.68 bits per heavy atom. The highest BCUT2D eigenvalue weighted by atomic mass is 32.2. The van der Waals surface area contributed by atoms with Crippen molar-refractivity contribution >= 4 is 21.6 Å². The molecule has 28 heavy (non-hydrogen) atoms. The van der Waals surface area contributed by atoms with Gasteiger partial charge in [0.05, 0.1) is 10.8 Å². The number of amides is 1. The molecule has 0 radical (unpaired) electrons. The summed E-state index contributed by atoms with van der Waals surface area (Å²) in [4.78, 5) is 13.1. The normalized spacial score (nSPS) is 18.1. The highest BCUT2D eigenvalue weighted by molar-refractivity contribution is 7.89. The first-order valence-electron chi connectivity index (χ1n) is 9.64. The molecule has 0 aliphatic carbocycles. The monoisotopic (exact) mass is 400 g/mol. The second kappa shape index (κ2) is 8.05. The number of piperidine rings is 1. The lowest BCUT2D eigenvalue weighted by molar-refractivity contribution is -0.120. The summed E-state index contributed by atoms with van der Waals surface area (Å²) >= 11 is 0. The van der Waals surface area contributed by atoms with Gasteiger partial charge in [-0.25, -0.2) is 8.42 Å². The maximum absolute atomic E-state index is 13.2. The van der Waals surface area contributed by atoms with Crippen molar-refractivity contribution in [2.24, 2.45) is 5.92 Å². The summed E-state index contributed by atoms with van der Waals surface area (Å²) in [7, 11) is -3.61. The van der Waals surface area contributed by atoms with Gasteiger partial charge in [0.2, 0.25) is 15.9 Å². The Morgan fingerprint density at radius 1 is 1.00 bits per heavy atom. The average Bonchev–Trinajstić information content (AvgIpc) is 2.66. The van der Waals surface area contributed by atoms with Gasteiger partial charge in [-0.15, -0.1) is 0 Å². The number of carbonyl (C=O) groups excluding carboxylic acids is 1. The molecule has 0 aromatic heterocycles. The van der Waals surface area contributed by atoms with E-state index in [2.05, 4.69) is 5.32 Å². The molecule has 1 saturated heterocycles. The lowest BCUT2D eigenvalue weighted by atomic mass is 9.98. The molecular weight excluding hydrogens is 372 g/mol. The Bertz CT molecular complexity index is 999. The first kappa shape index (κ1) is 20.6. The Hall–Kier alpha value is -2.18. The number of nitrogens with one attached hydrogen (secondary N) is 1. The van der Waals surface area contributed by atoms with Gasteiger partial charge >= 0.3 is 0 Å². The molecule has 0 bridgehead atoms. The van der Waals surface area contributed by atoms with Crippen LogP contribution in [0.3, 0.4) is 0 Å². The molecule has 3 rings (SSSR count). The molecule has 1 aliphatic heterocycles. The summed E-state index contributed by atoms with van der Waals surface area (Å²) < 4.78 is 27.8. The van der Waals surface area contributed by atoms with E-state index in [0.29, 0.717) is 24.3 Å². The lowest BCUT2D eigenvalue weighted by Gasteiger charge is -2.31. The quantitative estimate of drug-likeness (QED) is 0.845. The smallest absolute Gasteiger partial charge is 0.243 e. The molecule has 1 heterocycles. The van der Waals surface area contributed by atoms with Crippen LogP contribution in [-0.4, -0.2) is 31.7 Å². The van der Waals surface area contributed by atoms with E-state index in [1.165, 1.54) is 4.31 Å². The maximum atomic E-state index is 13.2. The molecule has 5 nitrogen and oxygen atoms in total. The summed E-state index contributed by atoms with van der Waals surface area (Å²) in [6.45, 7) is 8.32. The fourth-order valence-electron chi connectivity index (χ4n) is 3.69. The number of hydrogen-bond donors (Lipinski definition) is 1. The van der Waals surface area contributed by atoms with Crippen molar-refractivity contribution in [2.75, 3.05) is 18.4 Å². The number of hydrogen-bond acceptors (Lipinski definition) is 3. The fraction of sp³-hybridized carbons (Fsp3) is 0.409. The fourth-order valence-corrected chi connectivity index (χ4v) is 5.52. The Balaban J connectivity index is 1.78. The van der Waals surface area contributed by atoms with E-state index in [1.54, 1.807) is 13.0 Å². The van der Waals surface area contributed by atoms with Crippen LogP contribution in [0.2, 0.25) is 0 Å². The second-order valence-electron chi connectivity index (χ2n) is 7.78. The van der Waals surface area contributed by atoms with Crippen LogP contribution in [0.25, 0.3) is 0 Å². The van der Waals surface area contributed by atoms with E-state index in [1.807, 2.05) is 51.1 Å². The predicted octanol–water partition coefficient (Wildman–Crippen LogP) is 3.96. The van der Waals surface area contributed by atoms with Gasteiger partial charge in [0.1, 0.15) is 0 Å². The van der Waals surface area contributed by atoms with Gasteiger partial charge < -0.3 is 5.32 Å². The number of aryl methyl sites for hydroxylation is 4. The summed E-state index contributed by atoms with van der Waals surface area (Å²) in [6, 6.07) is 11.3. The van der Waals surface area contributed by atoms with Crippen molar-refractivity contribution in [1.82, 2.24) is 4.31 Å². The zero-order valence-electron chi connectivity index (χ0n) is 17.0. The topological polar surface area (TPSA) is 66.5 Å². The van der Waals surface area contributed by atoms with Gasteiger partial charge in [0.25, 0.3) is 0 Å². The number of carbonyl (C=O) groups is 1. The molecule has 1 N–H and O–H groups in total. The third kappa shape index (κ3) is 4.28. The minimum absolute atomic E-state index is 0.118. The van der Waals surface area contributed by atoms with Crippen LogP contribution in [-0.2, 0) is 14.8 Å². The first-order chi connectivity index (χ1) is 13.2. The largest absolute Gasteiger partial charge is 0.326 e. The van der Waals surface area contributed by atoms with Crippen molar-refractivity contribution in [3.8, 4) is 0 Å². The van der Waals surface area contributed by atoms with Crippen LogP contribution in [0.5, 0.6) is 0 Å². The molecule has 1 fully saturated rings. The maximum Gasteiger partial charge on any atom is 0.243 e. The molecular formula is C22H28N2O3S. The highest BCUT2D eigenvalue weighted by Crippen LogP contribution is 2.27. The van der Waals surface area contributed by atoms with Crippen LogP contribution in [0.4, 0.5) is 5.69 Å². The minimum Gasteiger partial charge on any atom is -0.326 e. The Labute approximate surface area is 167 Å². The zero-order valence-corrected chi connectivity index (χ0v) is 17.8. The van der Waals surface area contributed by atoms with Crippen LogP contribution in [0.15, 0.2) is 41.3 Å². The van der Waals surface area contributed by atoms with Gasteiger partial charge in [-0.2, -0.15) is 4.31 Å². The minimum atomic E-state index is -3.61. The van der Waals surface area contributed by atoms with Crippen molar-refractivity contribution in [3.05, 3.63) is 58.7 Å². The van der Waals surface area contributed by atoms with E-state index >= 15 is 0 Å². The number of anilines is 1. The number of rotatable bonds is 4. The van der Waals surface area contributed by atoms with E-state index < -0.39 is 10.0 Å². The van der Waals surface area contributed by atoms with Crippen molar-refractivity contribution in [2.45, 2.75) is 45.4 Å². The third-order valence-electron chi connectivity index (χ3n) is 5.36. The molecule has 1 atom stereocenters. The lowest BCUT2D eigenvalue weighted by Crippen LogP contribution is -2.43. The summed E-state index contributed by atoms with van der Waals surface area (Å²) in [5.41, 5.74) is 4.56. The van der Waals surface area contributed by atoms with E-state index in [4.69, 9.17) is 0 Å². The third-order valence-corrected chi connectivity index (χ3v) is 7.36. The van der Waals surface area contributed by atoms with Crippen molar-refractivity contribution < 1.29 is 13.2 Å². The standard InChI is InChI=1S/C22H28N2O3S/c1-15-8-10-20(18(4)12-15)23-22(25)19-6-5-11-24(14-19)28(26,27)21-13-16(2)7-9-17(21)3/h7-10,12-13,19H,5-6,11,14H2,1-4H3,(H,23,25)/t19-/m0/s1. The number of benzene rings is 2. The summed E-state index contributed by atoms with van der Waals surface area (Å²) in [5, 5.41) is 2.98. The molecule has 150 valence electrons. The summed E-state index contributed by atoms with van der Waals surface area (Å²) in [5.74, 6) is -0.470. The molecule has 1 amide bonds. The van der Waals surface area contributed by atoms with Crippen LogP contribution in [0, 0.1) is 33.6 Å². The molecule has 0 spiro atoms. The molecule has 0 unspecified atom stereocenters. The molecule has 6 heteroatoms. The second-order valence-corrected chi connectivity index (χ2v) is 9.69. The van der Waals surface area contributed by atoms with Gasteiger partial charge in [0.15, 0.2) is 0 Å². The van der Waals surface area contributed by atoms with Gasteiger partial charge in [-0.1, -0.05) is 29.8 Å². The van der Waals surface area contributed by atoms with Crippen molar-refractivity contribution in [1.29, 1.82) is 0 Å².